The summed E-state index contributed by atoms with van der Waals surface area (Å²) in [7, 11) is 0. The molecule has 0 aliphatic rings. The predicted molar refractivity (Wildman–Crippen MR) is 66.8 cm³/mol. The summed E-state index contributed by atoms with van der Waals surface area (Å²) in [6.07, 6.45) is 3.50. The fraction of sp³-hybridized carbons (Fsp3) is 0. The van der Waals surface area contributed by atoms with E-state index in [4.69, 9.17) is 5.73 Å². The van der Waals surface area contributed by atoms with Crippen LogP contribution in [0.25, 0.3) is 11.1 Å². The van der Waals surface area contributed by atoms with Crippen LogP contribution in [-0.4, -0.2) is 4.98 Å². The Morgan fingerprint density at radius 3 is 2.57 bits per heavy atom. The molecule has 0 unspecified atom stereocenters. The fourth-order valence-electron chi connectivity index (χ4n) is 1.31. The van der Waals surface area contributed by atoms with Crippen LogP contribution in [0.4, 0.5) is 5.69 Å². The second-order valence-electron chi connectivity index (χ2n) is 2.94. The minimum atomic E-state index is 0.768. The van der Waals surface area contributed by atoms with Crippen LogP contribution in [0.2, 0.25) is 0 Å². The summed E-state index contributed by atoms with van der Waals surface area (Å²) in [6.45, 7) is 0. The predicted octanol–water partition coefficient (Wildman–Crippen LogP) is 2.94. The number of halogens is 1. The van der Waals surface area contributed by atoms with E-state index in [2.05, 4.69) is 39.7 Å². The Bertz CT molecular complexity index is 411. The number of nitrogen functional groups attached to an aromatic ring is 1. The van der Waals surface area contributed by atoms with Crippen molar-refractivity contribution in [1.82, 2.24) is 4.98 Å². The molecule has 2 rings (SSSR count). The molecular weight excluding hydrogens is 287 g/mol. The second kappa shape index (κ2) is 3.96. The van der Waals surface area contributed by atoms with Crippen LogP contribution in [0.3, 0.4) is 0 Å². The molecular formula is C11H9IN2. The SMILES string of the molecule is Nc1ccncc1-c1ccccc1I. The van der Waals surface area contributed by atoms with E-state index in [-0.39, 0.29) is 0 Å². The van der Waals surface area contributed by atoms with E-state index in [0.29, 0.717) is 0 Å². The molecule has 2 aromatic rings. The molecule has 0 amide bonds. The van der Waals surface area contributed by atoms with E-state index < -0.39 is 0 Å². The maximum atomic E-state index is 5.88. The highest BCUT2D eigenvalue weighted by Crippen LogP contribution is 2.28. The van der Waals surface area contributed by atoms with E-state index in [1.54, 1.807) is 12.4 Å². The summed E-state index contributed by atoms with van der Waals surface area (Å²) < 4.78 is 1.18. The quantitative estimate of drug-likeness (QED) is 0.822. The number of aromatic nitrogens is 1. The van der Waals surface area contributed by atoms with E-state index in [1.165, 1.54) is 3.57 Å². The Balaban J connectivity index is 2.61. The molecule has 3 heteroatoms. The third-order valence-electron chi connectivity index (χ3n) is 2.02. The molecule has 0 fully saturated rings. The highest BCUT2D eigenvalue weighted by molar-refractivity contribution is 14.1. The summed E-state index contributed by atoms with van der Waals surface area (Å²) in [5.74, 6) is 0. The lowest BCUT2D eigenvalue weighted by Gasteiger charge is -2.06. The van der Waals surface area contributed by atoms with Crippen molar-refractivity contribution in [2.24, 2.45) is 0 Å². The molecule has 0 saturated carbocycles. The van der Waals surface area contributed by atoms with Crippen LogP contribution in [0.15, 0.2) is 42.7 Å². The molecule has 2 N–H and O–H groups in total. The van der Waals surface area contributed by atoms with Gasteiger partial charge in [0.15, 0.2) is 0 Å². The molecule has 70 valence electrons. The molecule has 0 saturated heterocycles. The number of anilines is 1. The largest absolute Gasteiger partial charge is 0.398 e. The van der Waals surface area contributed by atoms with Crippen molar-refractivity contribution in [1.29, 1.82) is 0 Å². The van der Waals surface area contributed by atoms with E-state index in [0.717, 1.165) is 16.8 Å². The standard InChI is InChI=1S/C11H9IN2/c12-10-4-2-1-3-8(10)9-7-14-6-5-11(9)13/h1-7H,(H2,13,14). The molecule has 0 atom stereocenters. The normalized spacial score (nSPS) is 10.1. The lowest BCUT2D eigenvalue weighted by Crippen LogP contribution is -1.92. The highest BCUT2D eigenvalue weighted by atomic mass is 127. The van der Waals surface area contributed by atoms with Gasteiger partial charge < -0.3 is 5.73 Å². The van der Waals surface area contributed by atoms with Gasteiger partial charge in [0, 0.05) is 27.2 Å². The summed E-state index contributed by atoms with van der Waals surface area (Å²) in [6, 6.07) is 9.94. The van der Waals surface area contributed by atoms with Gasteiger partial charge in [-0.25, -0.2) is 0 Å². The Hall–Kier alpha value is -1.10. The molecule has 1 aromatic carbocycles. The first-order valence-electron chi connectivity index (χ1n) is 4.23. The van der Waals surface area contributed by atoms with E-state index in [1.807, 2.05) is 18.2 Å². The van der Waals surface area contributed by atoms with Gasteiger partial charge in [0.2, 0.25) is 0 Å². The number of pyridine rings is 1. The van der Waals surface area contributed by atoms with Gasteiger partial charge in [-0.15, -0.1) is 0 Å². The molecule has 0 aliphatic heterocycles. The summed E-state index contributed by atoms with van der Waals surface area (Å²) in [5.41, 5.74) is 8.78. The van der Waals surface area contributed by atoms with Crippen LogP contribution >= 0.6 is 22.6 Å². The van der Waals surface area contributed by atoms with Gasteiger partial charge in [0.1, 0.15) is 0 Å². The Morgan fingerprint density at radius 1 is 1.07 bits per heavy atom. The maximum Gasteiger partial charge on any atom is 0.0425 e. The van der Waals surface area contributed by atoms with Gasteiger partial charge in [-0.2, -0.15) is 0 Å². The molecule has 2 nitrogen and oxygen atoms in total. The first-order chi connectivity index (χ1) is 6.79. The zero-order valence-corrected chi connectivity index (χ0v) is 9.60. The van der Waals surface area contributed by atoms with Crippen molar-refractivity contribution in [2.45, 2.75) is 0 Å². The van der Waals surface area contributed by atoms with Crippen molar-refractivity contribution >= 4 is 28.3 Å². The van der Waals surface area contributed by atoms with E-state index >= 15 is 0 Å². The zero-order chi connectivity index (χ0) is 9.97. The second-order valence-corrected chi connectivity index (χ2v) is 4.10. The zero-order valence-electron chi connectivity index (χ0n) is 7.44. The van der Waals surface area contributed by atoms with Gasteiger partial charge in [0.05, 0.1) is 0 Å². The first-order valence-corrected chi connectivity index (χ1v) is 5.31. The van der Waals surface area contributed by atoms with Gasteiger partial charge in [-0.05, 0) is 40.3 Å². The maximum absolute atomic E-state index is 5.88. The molecule has 1 heterocycles. The molecule has 0 bridgehead atoms. The number of hydrogen-bond acceptors (Lipinski definition) is 2. The van der Waals surface area contributed by atoms with Crippen molar-refractivity contribution in [3.63, 3.8) is 0 Å². The third-order valence-corrected chi connectivity index (χ3v) is 2.96. The van der Waals surface area contributed by atoms with Gasteiger partial charge in [-0.1, -0.05) is 18.2 Å². The monoisotopic (exact) mass is 296 g/mol. The van der Waals surface area contributed by atoms with Crippen molar-refractivity contribution < 1.29 is 0 Å². The Morgan fingerprint density at radius 2 is 1.86 bits per heavy atom. The van der Waals surface area contributed by atoms with E-state index in [9.17, 15) is 0 Å². The number of hydrogen-bond donors (Lipinski definition) is 1. The number of nitrogens with two attached hydrogens (primary N) is 1. The van der Waals surface area contributed by atoms with Crippen LogP contribution < -0.4 is 5.73 Å². The molecule has 0 spiro atoms. The van der Waals surface area contributed by atoms with Gasteiger partial charge in [-0.3, -0.25) is 4.98 Å². The Labute approximate surface area is 96.3 Å². The van der Waals surface area contributed by atoms with Crippen molar-refractivity contribution in [3.05, 3.63) is 46.3 Å². The number of nitrogens with zero attached hydrogens (tertiary/aromatic N) is 1. The Kier molecular flexibility index (Phi) is 2.67. The average molecular weight is 296 g/mol. The lowest BCUT2D eigenvalue weighted by atomic mass is 10.1. The third kappa shape index (κ3) is 1.72. The fourth-order valence-corrected chi connectivity index (χ4v) is 1.99. The lowest BCUT2D eigenvalue weighted by molar-refractivity contribution is 1.33. The summed E-state index contributed by atoms with van der Waals surface area (Å²) in [4.78, 5) is 4.08. The van der Waals surface area contributed by atoms with Crippen LogP contribution in [0.5, 0.6) is 0 Å². The number of benzene rings is 1. The van der Waals surface area contributed by atoms with Crippen LogP contribution in [0.1, 0.15) is 0 Å². The van der Waals surface area contributed by atoms with Gasteiger partial charge in [0.25, 0.3) is 0 Å². The van der Waals surface area contributed by atoms with Crippen molar-refractivity contribution in [3.8, 4) is 11.1 Å². The molecule has 0 aliphatic carbocycles. The van der Waals surface area contributed by atoms with Crippen LogP contribution in [0, 0.1) is 3.57 Å². The molecule has 1 aromatic heterocycles. The minimum absolute atomic E-state index is 0.768. The number of rotatable bonds is 1. The summed E-state index contributed by atoms with van der Waals surface area (Å²) >= 11 is 2.30. The molecule has 0 radical (unpaired) electrons. The van der Waals surface area contributed by atoms with Gasteiger partial charge >= 0.3 is 0 Å². The minimum Gasteiger partial charge on any atom is -0.398 e. The first kappa shape index (κ1) is 9.45. The summed E-state index contributed by atoms with van der Waals surface area (Å²) in [5, 5.41) is 0. The average Bonchev–Trinajstić information content (AvgIpc) is 2.20. The van der Waals surface area contributed by atoms with Crippen LogP contribution in [-0.2, 0) is 0 Å². The smallest absolute Gasteiger partial charge is 0.0425 e. The topological polar surface area (TPSA) is 38.9 Å². The molecule has 14 heavy (non-hydrogen) atoms. The van der Waals surface area contributed by atoms with Crippen molar-refractivity contribution in [2.75, 3.05) is 5.73 Å². The highest BCUT2D eigenvalue weighted by Gasteiger charge is 2.04.